The zero-order valence-electron chi connectivity index (χ0n) is 18.4. The summed E-state index contributed by atoms with van der Waals surface area (Å²) >= 11 is 5.94. The predicted molar refractivity (Wildman–Crippen MR) is 124 cm³/mol. The first-order chi connectivity index (χ1) is 14.7. The molecular weight excluding hydrogens is 503 g/mol. The van der Waals surface area contributed by atoms with Crippen LogP contribution in [0.25, 0.3) is 0 Å². The number of sulfone groups is 1. The molecule has 6 nitrogen and oxygen atoms in total. The molecule has 2 aromatic carbocycles. The van der Waals surface area contributed by atoms with Gasteiger partial charge in [-0.2, -0.15) is 13.2 Å². The van der Waals surface area contributed by atoms with Gasteiger partial charge in [-0.15, -0.1) is 0 Å². The molecule has 1 unspecified atom stereocenters. The average Bonchev–Trinajstić information content (AvgIpc) is 2.60. The fourth-order valence-electron chi connectivity index (χ4n) is 3.12. The Balaban J connectivity index is 2.62. The Kier molecular flexibility index (Phi) is 6.97. The number of hydrogen-bond acceptors (Lipinski definition) is 5. The Hall–Kier alpha value is -2.24. The van der Waals surface area contributed by atoms with Crippen molar-refractivity contribution in [1.82, 2.24) is 0 Å². The van der Waals surface area contributed by atoms with Crippen LogP contribution in [0.4, 0.5) is 18.9 Å². The highest BCUT2D eigenvalue weighted by molar-refractivity contribution is 7.99. The number of nitrogens with one attached hydrogen (secondary N) is 1. The molecule has 0 spiro atoms. The number of anilines is 1. The van der Waals surface area contributed by atoms with Gasteiger partial charge < -0.3 is 10.4 Å². The molecule has 0 aliphatic heterocycles. The number of amides is 1. The van der Waals surface area contributed by atoms with Gasteiger partial charge in [0.15, 0.2) is 0 Å². The third-order valence-electron chi connectivity index (χ3n) is 4.82. The summed E-state index contributed by atoms with van der Waals surface area (Å²) in [6.07, 6.45) is 1.39. The molecule has 2 aromatic rings. The molecule has 2 N–H and O–H groups in total. The second-order valence-corrected chi connectivity index (χ2v) is 13.4. The predicted octanol–water partition coefficient (Wildman–Crippen LogP) is 4.90. The number of phenolic OH excluding ortho intramolecular Hbond substituents is 1. The highest BCUT2D eigenvalue weighted by Crippen LogP contribution is 2.39. The van der Waals surface area contributed by atoms with E-state index in [4.69, 9.17) is 11.6 Å². The van der Waals surface area contributed by atoms with Gasteiger partial charge in [-0.25, -0.2) is 8.42 Å². The molecule has 0 saturated carbocycles. The van der Waals surface area contributed by atoms with Gasteiger partial charge in [0.05, 0.1) is 21.2 Å². The molecule has 0 aliphatic carbocycles. The van der Waals surface area contributed by atoms with E-state index in [1.807, 2.05) is 0 Å². The molecule has 0 bridgehead atoms. The molecule has 1 atom stereocenters. The second kappa shape index (κ2) is 8.52. The van der Waals surface area contributed by atoms with E-state index in [0.717, 1.165) is 6.07 Å². The van der Waals surface area contributed by atoms with Gasteiger partial charge in [0.1, 0.15) is 5.75 Å². The summed E-state index contributed by atoms with van der Waals surface area (Å²) in [4.78, 5) is 12.2. The van der Waals surface area contributed by atoms with Crippen LogP contribution < -0.4 is 5.32 Å². The van der Waals surface area contributed by atoms with Gasteiger partial charge in [-0.1, -0.05) is 32.4 Å². The maximum Gasteiger partial charge on any atom is 0.501 e. The van der Waals surface area contributed by atoms with Gasteiger partial charge in [0, 0.05) is 16.7 Å². The number of hydrogen-bond donors (Lipinski definition) is 2. The number of rotatable bonds is 4. The maximum atomic E-state index is 13.1. The number of halogens is 4. The summed E-state index contributed by atoms with van der Waals surface area (Å²) < 4.78 is 74.2. The Bertz CT molecular complexity index is 1340. The highest BCUT2D eigenvalue weighted by Gasteiger charge is 2.47. The molecule has 182 valence electrons. The fourth-order valence-corrected chi connectivity index (χ4v) is 5.32. The van der Waals surface area contributed by atoms with Crippen molar-refractivity contribution in [3.05, 3.63) is 46.0 Å². The highest BCUT2D eigenvalue weighted by atomic mass is 35.5. The minimum atomic E-state index is -5.63. The van der Waals surface area contributed by atoms with Crippen LogP contribution in [-0.4, -0.2) is 41.3 Å². The third kappa shape index (κ3) is 5.30. The zero-order chi connectivity index (χ0) is 25.7. The van der Waals surface area contributed by atoms with Crippen LogP contribution in [0.3, 0.4) is 0 Å². The lowest BCUT2D eigenvalue weighted by molar-refractivity contribution is -0.0436. The SMILES string of the molecule is C=S(C)(=O)c1cc(C(C)(C)C)c(O)c(C(=O)Nc2ccc(S(=O)(=O)C(F)(F)F)cc2Cl)c1C. The van der Waals surface area contributed by atoms with Crippen LogP contribution in [0, 0.1) is 6.92 Å². The van der Waals surface area contributed by atoms with E-state index >= 15 is 0 Å². The lowest BCUT2D eigenvalue weighted by Crippen LogP contribution is -2.23. The Labute approximate surface area is 195 Å². The molecule has 0 fully saturated rings. The van der Waals surface area contributed by atoms with Crippen molar-refractivity contribution in [1.29, 1.82) is 0 Å². The number of aromatic hydroxyl groups is 1. The summed E-state index contributed by atoms with van der Waals surface area (Å²) in [5.74, 6) is 2.41. The van der Waals surface area contributed by atoms with Crippen LogP contribution in [0.1, 0.15) is 42.3 Å². The Morgan fingerprint density at radius 2 is 1.67 bits per heavy atom. The van der Waals surface area contributed by atoms with Crippen LogP contribution in [0.5, 0.6) is 5.75 Å². The topological polar surface area (TPSA) is 101 Å². The lowest BCUT2D eigenvalue weighted by atomic mass is 9.84. The van der Waals surface area contributed by atoms with Crippen molar-refractivity contribution in [2.24, 2.45) is 0 Å². The Morgan fingerprint density at radius 1 is 1.12 bits per heavy atom. The van der Waals surface area contributed by atoms with Crippen molar-refractivity contribution in [3.63, 3.8) is 0 Å². The van der Waals surface area contributed by atoms with Gasteiger partial charge in [0.25, 0.3) is 15.7 Å². The Morgan fingerprint density at radius 3 is 2.09 bits per heavy atom. The minimum absolute atomic E-state index is 0.184. The van der Waals surface area contributed by atoms with Crippen LogP contribution in [0.15, 0.2) is 34.1 Å². The summed E-state index contributed by atoms with van der Waals surface area (Å²) in [6.45, 7) is 6.81. The first kappa shape index (κ1) is 27.0. The molecule has 2 rings (SSSR count). The van der Waals surface area contributed by atoms with Crippen LogP contribution in [-0.2, 0) is 24.8 Å². The number of phenols is 1. The molecule has 1 amide bonds. The normalized spacial score (nSPS) is 14.6. The maximum absolute atomic E-state index is 13.1. The van der Waals surface area contributed by atoms with Crippen molar-refractivity contribution in [3.8, 4) is 5.75 Å². The van der Waals surface area contributed by atoms with E-state index in [0.29, 0.717) is 17.7 Å². The molecule has 0 aliphatic rings. The van der Waals surface area contributed by atoms with Crippen molar-refractivity contribution < 1.29 is 35.7 Å². The minimum Gasteiger partial charge on any atom is -0.507 e. The summed E-state index contributed by atoms with van der Waals surface area (Å²) in [7, 11) is -8.43. The van der Waals surface area contributed by atoms with E-state index < -0.39 is 46.1 Å². The van der Waals surface area contributed by atoms with Gasteiger partial charge in [-0.3, -0.25) is 9.00 Å². The molecule has 33 heavy (non-hydrogen) atoms. The van der Waals surface area contributed by atoms with E-state index in [9.17, 15) is 35.7 Å². The molecule has 0 aromatic heterocycles. The van der Waals surface area contributed by atoms with Crippen LogP contribution >= 0.6 is 11.6 Å². The van der Waals surface area contributed by atoms with E-state index in [1.165, 1.54) is 19.2 Å². The lowest BCUT2D eigenvalue weighted by Gasteiger charge is -2.25. The third-order valence-corrected chi connectivity index (χ3v) is 7.97. The van der Waals surface area contributed by atoms with Crippen molar-refractivity contribution in [2.75, 3.05) is 11.6 Å². The van der Waals surface area contributed by atoms with E-state index in [-0.39, 0.29) is 27.5 Å². The largest absolute Gasteiger partial charge is 0.507 e. The molecule has 12 heteroatoms. The molecule has 0 saturated heterocycles. The molecule has 0 heterocycles. The second-order valence-electron chi connectivity index (χ2n) is 8.57. The zero-order valence-corrected chi connectivity index (χ0v) is 20.8. The number of alkyl halides is 3. The first-order valence-electron chi connectivity index (χ1n) is 9.31. The summed E-state index contributed by atoms with van der Waals surface area (Å²) in [5.41, 5.74) is -6.01. The first-order valence-corrected chi connectivity index (χ1v) is 13.3. The van der Waals surface area contributed by atoms with Gasteiger partial charge in [-0.05, 0) is 57.6 Å². The molecule has 0 radical (unpaired) electrons. The standard InChI is InChI=1S/C21H23ClF3NO5S2/c1-11-16(32(5,6)29)10-13(20(2,3)4)18(27)17(11)19(28)26-15-8-7-12(9-14(15)22)33(30,31)21(23,24)25/h7-10,27H,5H2,1-4,6H3,(H,26,28). The van der Waals surface area contributed by atoms with E-state index in [1.54, 1.807) is 20.8 Å². The van der Waals surface area contributed by atoms with Crippen molar-refractivity contribution >= 4 is 48.4 Å². The van der Waals surface area contributed by atoms with Gasteiger partial charge >= 0.3 is 5.51 Å². The smallest absolute Gasteiger partial charge is 0.501 e. The summed E-state index contributed by atoms with van der Waals surface area (Å²) in [5, 5.41) is 12.7. The molecular formula is C21H23ClF3NO5S2. The number of carbonyl (C=O) groups is 1. The quantitative estimate of drug-likeness (QED) is 0.553. The van der Waals surface area contributed by atoms with Crippen molar-refractivity contribution in [2.45, 2.75) is 48.4 Å². The summed E-state index contributed by atoms with van der Waals surface area (Å²) in [6, 6.07) is 3.66. The number of carbonyl (C=O) groups excluding carboxylic acids is 1. The number of benzene rings is 2. The average molecular weight is 526 g/mol. The van der Waals surface area contributed by atoms with Crippen LogP contribution in [0.2, 0.25) is 5.02 Å². The van der Waals surface area contributed by atoms with E-state index in [2.05, 4.69) is 11.2 Å². The fraction of sp³-hybridized carbons (Fsp3) is 0.333. The van der Waals surface area contributed by atoms with Gasteiger partial charge in [0.2, 0.25) is 0 Å². The monoisotopic (exact) mass is 525 g/mol.